The highest BCUT2D eigenvalue weighted by molar-refractivity contribution is 6.16. The standard InChI is InChI=1S/C58H44N4/c1-4-15-41(16-5-1)51-38-52(42-17-6-2-7-18-42)60-58(59-51)43-29-27-39(28-30-43)44-33-36-55-50(37-44)48-21-10-12-24-53(48)61(55)46-34-31-40(32-35-46)47-23-14-26-56-57(47)49-22-11-13-25-54(49)62(56)45-19-8-3-9-20-45/h1,4-6,10-19,21-38,51,58-60H,3,8-9,20H2. The molecule has 0 fully saturated rings. The van der Waals surface area contributed by atoms with Crippen LogP contribution in [0.15, 0.2) is 217 Å². The van der Waals surface area contributed by atoms with Gasteiger partial charge in [0.25, 0.3) is 0 Å². The van der Waals surface area contributed by atoms with Gasteiger partial charge in [-0.3, -0.25) is 5.32 Å². The number of fused-ring (bicyclic) bond motifs is 6. The lowest BCUT2D eigenvalue weighted by Crippen LogP contribution is -2.40. The zero-order valence-corrected chi connectivity index (χ0v) is 34.4. The van der Waals surface area contributed by atoms with Gasteiger partial charge in [-0.05, 0) is 126 Å². The van der Waals surface area contributed by atoms with Gasteiger partial charge in [0.1, 0.15) is 6.17 Å². The summed E-state index contributed by atoms with van der Waals surface area (Å²) in [5, 5.41) is 12.7. The number of rotatable bonds is 7. The Morgan fingerprint density at radius 1 is 0.548 bits per heavy atom. The molecule has 0 amide bonds. The van der Waals surface area contributed by atoms with E-state index in [2.05, 4.69) is 213 Å². The molecule has 1 aliphatic heterocycles. The van der Waals surface area contributed by atoms with Crippen molar-refractivity contribution in [2.45, 2.75) is 37.9 Å². The fourth-order valence-corrected chi connectivity index (χ4v) is 10.0. The van der Waals surface area contributed by atoms with E-state index in [1.807, 2.05) is 12.2 Å². The lowest BCUT2D eigenvalue weighted by atomic mass is 9.96. The number of hydrogen-bond acceptors (Lipinski definition) is 2. The molecule has 4 nitrogen and oxygen atoms in total. The van der Waals surface area contributed by atoms with Crippen LogP contribution in [0.1, 0.15) is 49.0 Å². The van der Waals surface area contributed by atoms with Gasteiger partial charge >= 0.3 is 0 Å². The number of nitrogens with one attached hydrogen (secondary N) is 2. The summed E-state index contributed by atoms with van der Waals surface area (Å²) in [6.07, 6.45) is 15.4. The Kier molecular flexibility index (Phi) is 8.87. The van der Waals surface area contributed by atoms with E-state index in [0.29, 0.717) is 0 Å². The van der Waals surface area contributed by atoms with Crippen molar-refractivity contribution in [2.75, 3.05) is 0 Å². The highest BCUT2D eigenvalue weighted by atomic mass is 15.2. The molecule has 3 heterocycles. The Labute approximate surface area is 361 Å². The average Bonchev–Trinajstić information content (AvgIpc) is 3.88. The molecule has 0 saturated heterocycles. The van der Waals surface area contributed by atoms with E-state index in [0.717, 1.165) is 29.8 Å². The van der Waals surface area contributed by atoms with E-state index in [4.69, 9.17) is 0 Å². The molecule has 12 rings (SSSR count). The first kappa shape index (κ1) is 36.3. The molecule has 2 aromatic heterocycles. The maximum absolute atomic E-state index is 3.84. The van der Waals surface area contributed by atoms with Gasteiger partial charge in [-0.2, -0.15) is 0 Å². The molecule has 62 heavy (non-hydrogen) atoms. The minimum Gasteiger partial charge on any atom is -0.366 e. The Hall–Kier alpha value is -7.58. The first-order valence-corrected chi connectivity index (χ1v) is 21.9. The second-order valence-electron chi connectivity index (χ2n) is 16.7. The number of allylic oxidation sites excluding steroid dienone is 5. The van der Waals surface area contributed by atoms with E-state index in [1.54, 1.807) is 0 Å². The van der Waals surface area contributed by atoms with Crippen LogP contribution in [0.2, 0.25) is 0 Å². The van der Waals surface area contributed by atoms with E-state index in [-0.39, 0.29) is 12.2 Å². The molecule has 0 spiro atoms. The predicted molar refractivity (Wildman–Crippen MR) is 258 cm³/mol. The summed E-state index contributed by atoms with van der Waals surface area (Å²) >= 11 is 0. The van der Waals surface area contributed by atoms with Crippen LogP contribution >= 0.6 is 0 Å². The maximum Gasteiger partial charge on any atom is 0.104 e. The molecule has 0 saturated carbocycles. The van der Waals surface area contributed by atoms with Crippen LogP contribution in [0.5, 0.6) is 0 Å². The van der Waals surface area contributed by atoms with Gasteiger partial charge in [-0.1, -0.05) is 139 Å². The zero-order chi connectivity index (χ0) is 41.0. The lowest BCUT2D eigenvalue weighted by molar-refractivity contribution is 0.420. The quantitative estimate of drug-likeness (QED) is 0.158. The smallest absolute Gasteiger partial charge is 0.104 e. The van der Waals surface area contributed by atoms with E-state index in [9.17, 15) is 0 Å². The number of hydrogen-bond donors (Lipinski definition) is 2. The fraction of sp³-hybridized carbons (Fsp3) is 0.103. The van der Waals surface area contributed by atoms with E-state index in [1.165, 1.54) is 95.5 Å². The minimum atomic E-state index is -0.0715. The van der Waals surface area contributed by atoms with Gasteiger partial charge in [-0.15, -0.1) is 0 Å². The molecule has 9 aromatic rings. The van der Waals surface area contributed by atoms with Crippen LogP contribution in [0.25, 0.3) is 77.2 Å². The largest absolute Gasteiger partial charge is 0.366 e. The fourth-order valence-electron chi connectivity index (χ4n) is 10.0. The van der Waals surface area contributed by atoms with Crippen molar-refractivity contribution in [1.29, 1.82) is 0 Å². The van der Waals surface area contributed by atoms with Gasteiger partial charge in [-0.25, -0.2) is 0 Å². The normalized spacial score (nSPS) is 17.4. The summed E-state index contributed by atoms with van der Waals surface area (Å²) in [4.78, 5) is 0. The maximum atomic E-state index is 3.84. The van der Waals surface area contributed by atoms with Crippen molar-refractivity contribution in [2.24, 2.45) is 0 Å². The van der Waals surface area contributed by atoms with Crippen LogP contribution in [0.4, 0.5) is 0 Å². The van der Waals surface area contributed by atoms with Crippen LogP contribution < -0.4 is 10.6 Å². The third-order valence-corrected chi connectivity index (χ3v) is 13.0. The third-order valence-electron chi connectivity index (χ3n) is 13.0. The molecular formula is C58H44N4. The lowest BCUT2D eigenvalue weighted by Gasteiger charge is -2.33. The van der Waals surface area contributed by atoms with Crippen LogP contribution in [-0.2, 0) is 0 Å². The third kappa shape index (κ3) is 6.21. The topological polar surface area (TPSA) is 33.9 Å². The number of para-hydroxylation sites is 2. The molecule has 2 N–H and O–H groups in total. The molecule has 2 aliphatic carbocycles. The van der Waals surface area contributed by atoms with Crippen molar-refractivity contribution in [3.63, 3.8) is 0 Å². The summed E-state index contributed by atoms with van der Waals surface area (Å²) < 4.78 is 4.94. The molecule has 296 valence electrons. The summed E-state index contributed by atoms with van der Waals surface area (Å²) in [5.41, 5.74) is 23.2. The second-order valence-corrected chi connectivity index (χ2v) is 16.7. The number of benzene rings is 7. The average molecular weight is 797 g/mol. The SMILES string of the molecule is C1=C=CC(C2=CC(c3ccccc3)NC(c3ccc(-c4ccc5c(c4)c4ccccc4n5-c4ccc(-c5cccc6c5c5ccccc5n6C5=CCCCC5)cc4)cc3)N2)=CC=1. The van der Waals surface area contributed by atoms with Crippen LogP contribution in [0.3, 0.4) is 0 Å². The first-order chi connectivity index (χ1) is 30.7. The molecule has 4 heteroatoms. The Balaban J connectivity index is 0.876. The minimum absolute atomic E-state index is 0.0590. The van der Waals surface area contributed by atoms with Crippen molar-refractivity contribution >= 4 is 49.3 Å². The summed E-state index contributed by atoms with van der Waals surface area (Å²) in [5.74, 6) is 0. The molecule has 3 aliphatic rings. The number of nitrogens with zero attached hydrogens (tertiary/aromatic N) is 2. The van der Waals surface area contributed by atoms with Crippen molar-refractivity contribution in [3.05, 3.63) is 228 Å². The van der Waals surface area contributed by atoms with Crippen LogP contribution in [0, 0.1) is 0 Å². The Morgan fingerprint density at radius 3 is 2.06 bits per heavy atom. The van der Waals surface area contributed by atoms with E-state index < -0.39 is 0 Å². The highest BCUT2D eigenvalue weighted by Crippen LogP contribution is 2.41. The van der Waals surface area contributed by atoms with Gasteiger partial charge in [0.2, 0.25) is 0 Å². The molecular weight excluding hydrogens is 753 g/mol. The van der Waals surface area contributed by atoms with Crippen LogP contribution in [-0.4, -0.2) is 9.13 Å². The summed E-state index contributed by atoms with van der Waals surface area (Å²) in [6, 6.07) is 60.4. The zero-order valence-electron chi connectivity index (χ0n) is 34.4. The molecule has 0 bridgehead atoms. The molecule has 7 aromatic carbocycles. The first-order valence-electron chi connectivity index (χ1n) is 21.9. The second kappa shape index (κ2) is 15.2. The summed E-state index contributed by atoms with van der Waals surface area (Å²) in [7, 11) is 0. The highest BCUT2D eigenvalue weighted by Gasteiger charge is 2.25. The molecule has 0 radical (unpaired) electrons. The van der Waals surface area contributed by atoms with Crippen molar-refractivity contribution in [1.82, 2.24) is 19.8 Å². The Bertz CT molecular complexity index is 3410. The van der Waals surface area contributed by atoms with Gasteiger partial charge in [0, 0.05) is 44.2 Å². The predicted octanol–water partition coefficient (Wildman–Crippen LogP) is 14.3. The molecule has 2 atom stereocenters. The van der Waals surface area contributed by atoms with Gasteiger partial charge in [0.15, 0.2) is 0 Å². The van der Waals surface area contributed by atoms with E-state index >= 15 is 0 Å². The van der Waals surface area contributed by atoms with Gasteiger partial charge in [0.05, 0.1) is 28.1 Å². The number of aromatic nitrogens is 2. The van der Waals surface area contributed by atoms with Crippen molar-refractivity contribution in [3.8, 4) is 27.9 Å². The summed E-state index contributed by atoms with van der Waals surface area (Å²) in [6.45, 7) is 0. The Morgan fingerprint density at radius 2 is 1.27 bits per heavy atom. The monoisotopic (exact) mass is 796 g/mol. The van der Waals surface area contributed by atoms with Crippen molar-refractivity contribution < 1.29 is 0 Å². The van der Waals surface area contributed by atoms with Gasteiger partial charge < -0.3 is 14.5 Å². The molecule has 2 unspecified atom stereocenters.